The normalized spacial score (nSPS) is 12.7. The minimum absolute atomic E-state index is 0.0679. The smallest absolute Gasteiger partial charge is 0.265 e. The largest absolute Gasteiger partial charge is 0.297 e. The molecule has 0 N–H and O–H groups in total. The zero-order chi connectivity index (χ0) is 19.4. The first-order chi connectivity index (χ1) is 12.9. The molecule has 0 radical (unpaired) electrons. The third kappa shape index (κ3) is 4.90. The van der Waals surface area contributed by atoms with Crippen molar-refractivity contribution in [3.63, 3.8) is 0 Å². The summed E-state index contributed by atoms with van der Waals surface area (Å²) in [4.78, 5) is 0.127. The van der Waals surface area contributed by atoms with Crippen molar-refractivity contribution >= 4 is 33.3 Å². The van der Waals surface area contributed by atoms with Crippen molar-refractivity contribution in [2.45, 2.75) is 17.7 Å². The number of hydrogen-bond donors (Lipinski definition) is 0. The third-order valence-corrected chi connectivity index (χ3v) is 6.14. The Morgan fingerprint density at radius 3 is 2.15 bits per heavy atom. The van der Waals surface area contributed by atoms with E-state index in [0.717, 1.165) is 16.7 Å². The highest BCUT2D eigenvalue weighted by molar-refractivity contribution is 7.86. The molecule has 140 valence electrons. The van der Waals surface area contributed by atoms with E-state index < -0.39 is 10.1 Å². The van der Waals surface area contributed by atoms with Crippen LogP contribution < -0.4 is 0 Å². The van der Waals surface area contributed by atoms with E-state index in [0.29, 0.717) is 10.0 Å². The van der Waals surface area contributed by atoms with Gasteiger partial charge in [0.1, 0.15) is 0 Å². The van der Waals surface area contributed by atoms with Crippen molar-refractivity contribution in [1.29, 1.82) is 0 Å². The number of benzene rings is 3. The molecule has 3 aromatic rings. The fourth-order valence-corrected chi connectivity index (χ4v) is 4.06. The number of halogens is 2. The number of aryl methyl sites for hydroxylation is 1. The van der Waals surface area contributed by atoms with Crippen molar-refractivity contribution in [2.75, 3.05) is 6.61 Å². The zero-order valence-electron chi connectivity index (χ0n) is 14.6. The van der Waals surface area contributed by atoms with Crippen molar-refractivity contribution in [3.8, 4) is 0 Å². The van der Waals surface area contributed by atoms with Gasteiger partial charge in [-0.3, -0.25) is 4.18 Å². The molecule has 0 spiro atoms. The van der Waals surface area contributed by atoms with E-state index >= 15 is 0 Å². The second-order valence-electron chi connectivity index (χ2n) is 6.18. The SMILES string of the molecule is Cc1ccc(S(=O)(=O)OCC(c2ccc(Cl)cc2)c2ccccc2Cl)cc1. The molecule has 0 aromatic heterocycles. The predicted molar refractivity (Wildman–Crippen MR) is 109 cm³/mol. The summed E-state index contributed by atoms with van der Waals surface area (Å²) in [7, 11) is -3.88. The minimum Gasteiger partial charge on any atom is -0.265 e. The van der Waals surface area contributed by atoms with Crippen LogP contribution in [0.4, 0.5) is 0 Å². The van der Waals surface area contributed by atoms with Gasteiger partial charge in [0.05, 0.1) is 11.5 Å². The Kier molecular flexibility index (Phi) is 6.22. The molecular formula is C21H18Cl2O3S. The van der Waals surface area contributed by atoms with Gasteiger partial charge in [-0.15, -0.1) is 0 Å². The average Bonchev–Trinajstić information content (AvgIpc) is 2.65. The maximum atomic E-state index is 12.6. The van der Waals surface area contributed by atoms with Gasteiger partial charge >= 0.3 is 0 Å². The molecule has 3 nitrogen and oxygen atoms in total. The predicted octanol–water partition coefficient (Wildman–Crippen LogP) is 5.84. The molecule has 1 unspecified atom stereocenters. The van der Waals surface area contributed by atoms with Gasteiger partial charge in [0.2, 0.25) is 0 Å². The Bertz CT molecular complexity index is 1010. The number of rotatable bonds is 6. The number of hydrogen-bond acceptors (Lipinski definition) is 3. The van der Waals surface area contributed by atoms with E-state index in [1.165, 1.54) is 12.1 Å². The maximum Gasteiger partial charge on any atom is 0.297 e. The molecular weight excluding hydrogens is 403 g/mol. The molecule has 0 bridgehead atoms. The van der Waals surface area contributed by atoms with Crippen LogP contribution in [0.5, 0.6) is 0 Å². The lowest BCUT2D eigenvalue weighted by atomic mass is 9.92. The Hall–Kier alpha value is -1.85. The van der Waals surface area contributed by atoms with Crippen LogP contribution in [-0.2, 0) is 14.3 Å². The summed E-state index contributed by atoms with van der Waals surface area (Å²) in [6.45, 7) is 1.83. The maximum absolute atomic E-state index is 12.6. The molecule has 0 saturated heterocycles. The van der Waals surface area contributed by atoms with Gasteiger partial charge in [0.15, 0.2) is 0 Å². The Balaban J connectivity index is 1.91. The van der Waals surface area contributed by atoms with Gasteiger partial charge in [0, 0.05) is 16.0 Å². The van der Waals surface area contributed by atoms with E-state index in [2.05, 4.69) is 0 Å². The molecule has 0 aliphatic rings. The first kappa shape index (κ1) is 19.9. The lowest BCUT2D eigenvalue weighted by Crippen LogP contribution is -2.15. The van der Waals surface area contributed by atoms with E-state index in [4.69, 9.17) is 27.4 Å². The summed E-state index contributed by atoms with van der Waals surface area (Å²) >= 11 is 12.3. The molecule has 0 aliphatic carbocycles. The van der Waals surface area contributed by atoms with Gasteiger partial charge in [-0.25, -0.2) is 0 Å². The summed E-state index contributed by atoms with van der Waals surface area (Å²) in [6, 6.07) is 21.1. The van der Waals surface area contributed by atoms with Gasteiger partial charge in [-0.2, -0.15) is 8.42 Å². The second kappa shape index (κ2) is 8.44. The van der Waals surface area contributed by atoms with Gasteiger partial charge in [0.25, 0.3) is 10.1 Å². The molecule has 0 aliphatic heterocycles. The Labute approximate surface area is 169 Å². The lowest BCUT2D eigenvalue weighted by Gasteiger charge is -2.19. The summed E-state index contributed by atoms with van der Waals surface area (Å²) in [5.41, 5.74) is 2.64. The molecule has 0 heterocycles. The minimum atomic E-state index is -3.88. The monoisotopic (exact) mass is 420 g/mol. The van der Waals surface area contributed by atoms with Crippen LogP contribution in [0.15, 0.2) is 77.7 Å². The van der Waals surface area contributed by atoms with Crippen molar-refractivity contribution in [2.24, 2.45) is 0 Å². The Morgan fingerprint density at radius 1 is 0.889 bits per heavy atom. The summed E-state index contributed by atoms with van der Waals surface area (Å²) in [6.07, 6.45) is 0. The van der Waals surface area contributed by atoms with Gasteiger partial charge < -0.3 is 0 Å². The van der Waals surface area contributed by atoms with Crippen molar-refractivity contribution in [3.05, 3.63) is 99.5 Å². The molecule has 6 heteroatoms. The van der Waals surface area contributed by atoms with Crippen molar-refractivity contribution < 1.29 is 12.6 Å². The summed E-state index contributed by atoms with van der Waals surface area (Å²) in [5, 5.41) is 1.15. The van der Waals surface area contributed by atoms with Crippen LogP contribution in [0.2, 0.25) is 10.0 Å². The highest BCUT2D eigenvalue weighted by atomic mass is 35.5. The van der Waals surface area contributed by atoms with Crippen LogP contribution >= 0.6 is 23.2 Å². The molecule has 27 heavy (non-hydrogen) atoms. The van der Waals surface area contributed by atoms with Crippen LogP contribution in [-0.4, -0.2) is 15.0 Å². The molecule has 0 amide bonds. The highest BCUT2D eigenvalue weighted by Gasteiger charge is 2.22. The Morgan fingerprint density at radius 2 is 1.52 bits per heavy atom. The fraction of sp³-hybridized carbons (Fsp3) is 0.143. The van der Waals surface area contributed by atoms with E-state index in [1.807, 2.05) is 37.3 Å². The quantitative estimate of drug-likeness (QED) is 0.470. The lowest BCUT2D eigenvalue weighted by molar-refractivity contribution is 0.305. The third-order valence-electron chi connectivity index (χ3n) is 4.25. The van der Waals surface area contributed by atoms with Crippen LogP contribution in [0, 0.1) is 6.92 Å². The fourth-order valence-electron chi connectivity index (χ4n) is 2.75. The van der Waals surface area contributed by atoms with E-state index in [1.54, 1.807) is 30.3 Å². The van der Waals surface area contributed by atoms with Crippen LogP contribution in [0.1, 0.15) is 22.6 Å². The van der Waals surface area contributed by atoms with Gasteiger partial charge in [-0.05, 0) is 48.4 Å². The first-order valence-electron chi connectivity index (χ1n) is 8.33. The standard InChI is InChI=1S/C21H18Cl2O3S/c1-15-6-12-18(13-7-15)27(24,25)26-14-20(16-8-10-17(22)11-9-16)19-4-2-3-5-21(19)23/h2-13,20H,14H2,1H3. The van der Waals surface area contributed by atoms with Crippen LogP contribution in [0.3, 0.4) is 0 Å². The van der Waals surface area contributed by atoms with Gasteiger partial charge in [-0.1, -0.05) is 71.2 Å². The topological polar surface area (TPSA) is 43.4 Å². The molecule has 3 rings (SSSR count). The molecule has 1 atom stereocenters. The first-order valence-corrected chi connectivity index (χ1v) is 10.5. The zero-order valence-corrected chi connectivity index (χ0v) is 16.9. The molecule has 0 saturated carbocycles. The summed E-state index contributed by atoms with van der Waals surface area (Å²) < 4.78 is 30.5. The second-order valence-corrected chi connectivity index (χ2v) is 8.64. The summed E-state index contributed by atoms with van der Waals surface area (Å²) in [5.74, 6) is -0.351. The van der Waals surface area contributed by atoms with E-state index in [9.17, 15) is 8.42 Å². The molecule has 3 aromatic carbocycles. The molecule has 0 fully saturated rings. The average molecular weight is 421 g/mol. The van der Waals surface area contributed by atoms with Crippen molar-refractivity contribution in [1.82, 2.24) is 0 Å². The van der Waals surface area contributed by atoms with Crippen LogP contribution in [0.25, 0.3) is 0 Å². The van der Waals surface area contributed by atoms with E-state index in [-0.39, 0.29) is 17.4 Å². The highest BCUT2D eigenvalue weighted by Crippen LogP contribution is 2.32.